The average molecular weight is 160 g/mol. The molecule has 0 N–H and O–H groups in total. The van der Waals surface area contributed by atoms with Crippen LogP contribution in [0.5, 0.6) is 0 Å². The molecule has 1 saturated heterocycles. The molecule has 0 aromatic heterocycles. The van der Waals surface area contributed by atoms with Crippen LogP contribution in [0.15, 0.2) is 0 Å². The normalized spacial score (nSPS) is 40.9. The smallest absolute Gasteiger partial charge is 0.0295 e. The average Bonchev–Trinajstić information content (AvgIpc) is 2.08. The van der Waals surface area contributed by atoms with Gasteiger partial charge in [-0.3, -0.25) is 4.21 Å². The molecule has 0 aliphatic carbocycles. The van der Waals surface area contributed by atoms with Crippen molar-refractivity contribution in [3.8, 4) is 0 Å². The molecular weight excluding hydrogens is 144 g/mol. The summed E-state index contributed by atoms with van der Waals surface area (Å²) in [6, 6.07) is 0. The van der Waals surface area contributed by atoms with Crippen LogP contribution in [-0.2, 0) is 9.52 Å². The van der Waals surface area contributed by atoms with Gasteiger partial charge < -0.3 is 0 Å². The van der Waals surface area contributed by atoms with Crippen molar-refractivity contribution in [2.75, 3.05) is 5.75 Å². The maximum absolute atomic E-state index is 11.6. The van der Waals surface area contributed by atoms with E-state index < -0.39 is 9.52 Å². The molecule has 2 atom stereocenters. The molecule has 1 rings (SSSR count). The molecule has 60 valence electrons. The minimum Gasteiger partial charge on any atom is -0.268 e. The van der Waals surface area contributed by atoms with Crippen LogP contribution in [0.1, 0.15) is 26.7 Å². The van der Waals surface area contributed by atoms with Gasteiger partial charge in [0.1, 0.15) is 0 Å². The molecule has 0 bridgehead atoms. The first-order chi connectivity index (χ1) is 4.54. The summed E-state index contributed by atoms with van der Waals surface area (Å²) in [6.45, 7) is 4.28. The lowest BCUT2D eigenvalue weighted by Gasteiger charge is -2.16. The summed E-state index contributed by atoms with van der Waals surface area (Å²) in [5, 5.41) is 0.396. The highest BCUT2D eigenvalue weighted by atomic mass is 32.2. The lowest BCUT2D eigenvalue weighted by molar-refractivity contribution is 0.571. The van der Waals surface area contributed by atoms with Crippen LogP contribution in [-0.4, -0.2) is 21.1 Å². The van der Waals surface area contributed by atoms with Crippen LogP contribution in [0, 0.1) is 5.92 Å². The van der Waals surface area contributed by atoms with E-state index in [0.717, 1.165) is 18.6 Å². The van der Waals surface area contributed by atoms with Crippen LogP contribution in [0.4, 0.5) is 0 Å². The zero-order valence-corrected chi connectivity index (χ0v) is 7.62. The lowest BCUT2D eigenvalue weighted by atomic mass is 10.1. The highest BCUT2D eigenvalue weighted by Gasteiger charge is 2.28. The monoisotopic (exact) mass is 160 g/mol. The van der Waals surface area contributed by atoms with Crippen molar-refractivity contribution >= 4 is 15.4 Å². The van der Waals surface area contributed by atoms with Gasteiger partial charge in [0.2, 0.25) is 0 Å². The number of hydrogen-bond acceptors (Lipinski definition) is 1. The van der Waals surface area contributed by atoms with Gasteiger partial charge in [-0.15, -0.1) is 0 Å². The molecule has 0 spiro atoms. The van der Waals surface area contributed by atoms with E-state index in [2.05, 4.69) is 19.7 Å². The van der Waals surface area contributed by atoms with Gasteiger partial charge >= 0.3 is 0 Å². The molecule has 1 aliphatic rings. The van der Waals surface area contributed by atoms with Gasteiger partial charge in [0.05, 0.1) is 0 Å². The van der Waals surface area contributed by atoms with E-state index in [9.17, 15) is 4.21 Å². The SMILES string of the molecule is C=S1(=O)CCCC1C(C)C. The molecular formula is C8H16OS. The Morgan fingerprint density at radius 1 is 1.60 bits per heavy atom. The van der Waals surface area contributed by atoms with Gasteiger partial charge in [0.25, 0.3) is 0 Å². The topological polar surface area (TPSA) is 17.1 Å². The number of rotatable bonds is 1. The second kappa shape index (κ2) is 2.57. The van der Waals surface area contributed by atoms with Crippen LogP contribution in [0.25, 0.3) is 0 Å². The third kappa shape index (κ3) is 1.36. The Morgan fingerprint density at radius 2 is 2.20 bits per heavy atom. The Morgan fingerprint density at radius 3 is 2.40 bits per heavy atom. The van der Waals surface area contributed by atoms with Crippen molar-refractivity contribution < 1.29 is 4.21 Å². The maximum Gasteiger partial charge on any atom is 0.0295 e. The molecule has 2 unspecified atom stereocenters. The van der Waals surface area contributed by atoms with Crippen molar-refractivity contribution in [1.82, 2.24) is 0 Å². The fourth-order valence-electron chi connectivity index (χ4n) is 1.72. The second-order valence-corrected chi connectivity index (χ2v) is 6.25. The molecule has 1 aliphatic heterocycles. The van der Waals surface area contributed by atoms with E-state index in [4.69, 9.17) is 0 Å². The lowest BCUT2D eigenvalue weighted by Crippen LogP contribution is -2.21. The highest BCUT2D eigenvalue weighted by molar-refractivity contribution is 8.01. The van der Waals surface area contributed by atoms with Crippen molar-refractivity contribution in [3.05, 3.63) is 0 Å². The van der Waals surface area contributed by atoms with E-state index in [-0.39, 0.29) is 0 Å². The summed E-state index contributed by atoms with van der Waals surface area (Å²) >= 11 is 0. The van der Waals surface area contributed by atoms with Crippen LogP contribution in [0.2, 0.25) is 0 Å². The van der Waals surface area contributed by atoms with E-state index in [1.807, 2.05) is 0 Å². The molecule has 0 amide bonds. The van der Waals surface area contributed by atoms with Gasteiger partial charge in [-0.1, -0.05) is 13.8 Å². The third-order valence-electron chi connectivity index (χ3n) is 2.27. The van der Waals surface area contributed by atoms with E-state index in [0.29, 0.717) is 11.2 Å². The standard InChI is InChI=1S/C8H16OS/c1-7(2)8-5-4-6-10(8,3)9/h7-8H,3-6H2,1-2H3. The van der Waals surface area contributed by atoms with E-state index in [1.54, 1.807) is 0 Å². The van der Waals surface area contributed by atoms with E-state index >= 15 is 0 Å². The summed E-state index contributed by atoms with van der Waals surface area (Å²) in [5.41, 5.74) is 0. The Labute approximate surface area is 63.8 Å². The Bertz CT molecular complexity index is 201. The summed E-state index contributed by atoms with van der Waals surface area (Å²) in [5.74, 6) is 5.21. The minimum absolute atomic E-state index is 0.396. The predicted molar refractivity (Wildman–Crippen MR) is 48.0 cm³/mol. The Balaban J connectivity index is 2.79. The molecule has 10 heavy (non-hydrogen) atoms. The molecule has 0 saturated carbocycles. The zero-order chi connectivity index (χ0) is 7.78. The van der Waals surface area contributed by atoms with Crippen molar-refractivity contribution in [1.29, 1.82) is 0 Å². The van der Waals surface area contributed by atoms with Gasteiger partial charge in [0, 0.05) is 11.0 Å². The first-order valence-corrected chi connectivity index (χ1v) is 5.84. The molecule has 0 aromatic rings. The number of hydrogen-bond donors (Lipinski definition) is 0. The second-order valence-electron chi connectivity index (χ2n) is 3.50. The summed E-state index contributed by atoms with van der Waals surface area (Å²) in [6.07, 6.45) is 2.24. The summed E-state index contributed by atoms with van der Waals surface area (Å²) in [7, 11) is -1.69. The first-order valence-electron chi connectivity index (χ1n) is 3.88. The summed E-state index contributed by atoms with van der Waals surface area (Å²) < 4.78 is 11.6. The van der Waals surface area contributed by atoms with Gasteiger partial charge in [0.15, 0.2) is 0 Å². The first kappa shape index (κ1) is 8.12. The van der Waals surface area contributed by atoms with Crippen LogP contribution < -0.4 is 0 Å². The predicted octanol–water partition coefficient (Wildman–Crippen LogP) is 1.52. The largest absolute Gasteiger partial charge is 0.268 e. The van der Waals surface area contributed by atoms with Crippen LogP contribution >= 0.6 is 0 Å². The molecule has 2 heteroatoms. The van der Waals surface area contributed by atoms with Crippen LogP contribution in [0.3, 0.4) is 0 Å². The quantitative estimate of drug-likeness (QED) is 0.532. The fraction of sp³-hybridized carbons (Fsp3) is 0.875. The van der Waals surface area contributed by atoms with Gasteiger partial charge in [-0.25, -0.2) is 0 Å². The van der Waals surface area contributed by atoms with Gasteiger partial charge in [-0.2, -0.15) is 0 Å². The molecule has 1 heterocycles. The third-order valence-corrected chi connectivity index (χ3v) is 5.14. The van der Waals surface area contributed by atoms with Crippen molar-refractivity contribution in [3.63, 3.8) is 0 Å². The highest BCUT2D eigenvalue weighted by Crippen LogP contribution is 2.25. The maximum atomic E-state index is 11.6. The summed E-state index contributed by atoms with van der Waals surface area (Å²) in [4.78, 5) is 0. The molecule has 0 aromatic carbocycles. The van der Waals surface area contributed by atoms with Crippen molar-refractivity contribution in [2.45, 2.75) is 31.9 Å². The van der Waals surface area contributed by atoms with E-state index in [1.165, 1.54) is 0 Å². The molecule has 1 nitrogen and oxygen atoms in total. The molecule has 1 fully saturated rings. The van der Waals surface area contributed by atoms with Crippen molar-refractivity contribution in [2.24, 2.45) is 5.92 Å². The Kier molecular flexibility index (Phi) is 2.09. The minimum atomic E-state index is -1.69. The fourth-order valence-corrected chi connectivity index (χ4v) is 4.27. The Hall–Kier alpha value is 0.0200. The zero-order valence-electron chi connectivity index (χ0n) is 6.80. The molecule has 0 radical (unpaired) electrons. The van der Waals surface area contributed by atoms with Gasteiger partial charge in [-0.05, 0) is 34.2 Å².